The number of rotatable bonds is 3. The molecule has 6 heteroatoms. The van der Waals surface area contributed by atoms with E-state index < -0.39 is 6.10 Å². The van der Waals surface area contributed by atoms with Crippen molar-refractivity contribution in [2.24, 2.45) is 0 Å². The van der Waals surface area contributed by atoms with Crippen molar-refractivity contribution in [3.63, 3.8) is 0 Å². The molecule has 2 N–H and O–H groups in total. The van der Waals surface area contributed by atoms with Crippen LogP contribution in [0.2, 0.25) is 0 Å². The number of hydrogen-bond acceptors (Lipinski definition) is 4. The van der Waals surface area contributed by atoms with E-state index >= 15 is 0 Å². The van der Waals surface area contributed by atoms with E-state index in [9.17, 15) is 9.90 Å². The monoisotopic (exact) mass is 338 g/mol. The molecule has 1 unspecified atom stereocenters. The Morgan fingerprint density at radius 2 is 2.16 bits per heavy atom. The van der Waals surface area contributed by atoms with Gasteiger partial charge in [-0.25, -0.2) is 0 Å². The Hall–Kier alpha value is -2.99. The van der Waals surface area contributed by atoms with Gasteiger partial charge in [-0.2, -0.15) is 0 Å². The molecule has 3 aromatic rings. The summed E-state index contributed by atoms with van der Waals surface area (Å²) in [6.07, 6.45) is 1.06. The molecule has 4 rings (SSSR count). The molecule has 1 atom stereocenters. The number of morpholine rings is 1. The van der Waals surface area contributed by atoms with Gasteiger partial charge in [-0.05, 0) is 29.8 Å². The van der Waals surface area contributed by atoms with Crippen LogP contribution in [0, 0.1) is 0 Å². The number of carbonyl (C=O) groups excluding carboxylic acids is 1. The zero-order chi connectivity index (χ0) is 17.4. The predicted octanol–water partition coefficient (Wildman–Crippen LogP) is 2.99. The van der Waals surface area contributed by atoms with Crippen LogP contribution in [0.25, 0.3) is 10.8 Å². The summed E-state index contributed by atoms with van der Waals surface area (Å²) in [5.74, 6) is 0.653. The summed E-state index contributed by atoms with van der Waals surface area (Å²) in [6.45, 7) is 0.904. The smallest absolute Gasteiger partial charge is 0.260 e. The van der Waals surface area contributed by atoms with Crippen molar-refractivity contribution in [1.82, 2.24) is 4.98 Å². The van der Waals surface area contributed by atoms with E-state index in [1.165, 1.54) is 0 Å². The summed E-state index contributed by atoms with van der Waals surface area (Å²) in [5.41, 5.74) is 1.50. The van der Waals surface area contributed by atoms with Gasteiger partial charge in [0, 0.05) is 29.2 Å². The van der Waals surface area contributed by atoms with Gasteiger partial charge in [-0.1, -0.05) is 18.2 Å². The highest BCUT2D eigenvalue weighted by Crippen LogP contribution is 2.32. The lowest BCUT2D eigenvalue weighted by Gasteiger charge is -2.32. The number of benzene rings is 2. The maximum Gasteiger partial charge on any atom is 0.260 e. The number of nitrogens with one attached hydrogen (secondary N) is 1. The zero-order valence-corrected chi connectivity index (χ0v) is 13.7. The van der Waals surface area contributed by atoms with Gasteiger partial charge in [-0.15, -0.1) is 0 Å². The minimum atomic E-state index is -0.667. The molecule has 25 heavy (non-hydrogen) atoms. The first-order chi connectivity index (χ1) is 12.2. The molecule has 0 saturated carbocycles. The minimum absolute atomic E-state index is 0.0990. The molecule has 0 spiro atoms. The molecule has 0 bridgehead atoms. The van der Waals surface area contributed by atoms with Crippen LogP contribution in [-0.2, 0) is 9.53 Å². The molecule has 1 aliphatic heterocycles. The number of ether oxygens (including phenoxy) is 2. The molecule has 0 aliphatic carbocycles. The summed E-state index contributed by atoms with van der Waals surface area (Å²) < 4.78 is 11.0. The normalized spacial score (nSPS) is 17.9. The molecule has 1 fully saturated rings. The van der Waals surface area contributed by atoms with Crippen molar-refractivity contribution in [3.8, 4) is 11.6 Å². The molecule has 1 aromatic heterocycles. The van der Waals surface area contributed by atoms with Crippen molar-refractivity contribution < 1.29 is 19.4 Å². The summed E-state index contributed by atoms with van der Waals surface area (Å²) in [6, 6.07) is 12.9. The molecule has 1 amide bonds. The average Bonchev–Trinajstić information content (AvgIpc) is 3.02. The van der Waals surface area contributed by atoms with Gasteiger partial charge in [0.25, 0.3) is 5.91 Å². The van der Waals surface area contributed by atoms with E-state index in [-0.39, 0.29) is 11.8 Å². The third kappa shape index (κ3) is 2.70. The van der Waals surface area contributed by atoms with Crippen LogP contribution in [0.15, 0.2) is 48.7 Å². The highest BCUT2D eigenvalue weighted by Gasteiger charge is 2.32. The van der Waals surface area contributed by atoms with Crippen LogP contribution in [0.3, 0.4) is 0 Å². The minimum Gasteiger partial charge on any atom is -0.497 e. The Labute approximate surface area is 144 Å². The van der Waals surface area contributed by atoms with Crippen molar-refractivity contribution in [2.75, 3.05) is 25.2 Å². The van der Waals surface area contributed by atoms with E-state index in [1.807, 2.05) is 42.5 Å². The van der Waals surface area contributed by atoms with E-state index in [0.717, 1.165) is 16.6 Å². The van der Waals surface area contributed by atoms with Crippen molar-refractivity contribution in [3.05, 3.63) is 54.2 Å². The predicted molar refractivity (Wildman–Crippen MR) is 94.0 cm³/mol. The second kappa shape index (κ2) is 6.14. The fourth-order valence-electron chi connectivity index (χ4n) is 3.15. The van der Waals surface area contributed by atoms with E-state index in [2.05, 4.69) is 4.98 Å². The molecular weight excluding hydrogens is 320 g/mol. The number of aromatic hydroxyl groups is 1. The van der Waals surface area contributed by atoms with Crippen molar-refractivity contribution in [1.29, 1.82) is 0 Å². The number of H-pyrrole nitrogens is 1. The Bertz CT molecular complexity index is 934. The third-order valence-corrected chi connectivity index (χ3v) is 4.45. The van der Waals surface area contributed by atoms with Crippen LogP contribution in [0.5, 0.6) is 11.6 Å². The number of fused-ring (bicyclic) bond motifs is 1. The van der Waals surface area contributed by atoms with Gasteiger partial charge >= 0.3 is 0 Å². The molecular formula is C19H18N2O4. The molecule has 128 valence electrons. The average molecular weight is 338 g/mol. The Morgan fingerprint density at radius 3 is 3.00 bits per heavy atom. The summed E-state index contributed by atoms with van der Waals surface area (Å²) >= 11 is 0. The Balaban J connectivity index is 1.67. The number of hydrogen-bond donors (Lipinski definition) is 2. The standard InChI is InChI=1S/C19H18N2O4/c1-24-15-4-2-3-12(9-15)17-19(23)21(7-8-25-17)14-6-5-13-11-20-18(22)16(13)10-14/h2-6,9-11,17,20,22H,7-8H2,1H3. The number of aromatic nitrogens is 1. The molecule has 2 heterocycles. The molecule has 1 aliphatic rings. The number of carbonyl (C=O) groups is 1. The van der Waals surface area contributed by atoms with Crippen LogP contribution in [-0.4, -0.2) is 36.3 Å². The van der Waals surface area contributed by atoms with Gasteiger partial charge in [0.15, 0.2) is 12.0 Å². The topological polar surface area (TPSA) is 74.8 Å². The largest absolute Gasteiger partial charge is 0.497 e. The van der Waals surface area contributed by atoms with Gasteiger partial charge in [0.2, 0.25) is 0 Å². The van der Waals surface area contributed by atoms with Crippen LogP contribution in [0.1, 0.15) is 11.7 Å². The lowest BCUT2D eigenvalue weighted by Crippen LogP contribution is -2.43. The zero-order valence-electron chi connectivity index (χ0n) is 13.7. The number of amides is 1. The number of aromatic amines is 1. The molecule has 0 radical (unpaired) electrons. The molecule has 1 saturated heterocycles. The summed E-state index contributed by atoms with van der Waals surface area (Å²) in [5, 5.41) is 11.5. The van der Waals surface area contributed by atoms with Crippen LogP contribution >= 0.6 is 0 Å². The lowest BCUT2D eigenvalue weighted by molar-refractivity contribution is -0.134. The summed E-state index contributed by atoms with van der Waals surface area (Å²) in [4.78, 5) is 17.4. The first-order valence-electron chi connectivity index (χ1n) is 8.04. The Morgan fingerprint density at radius 1 is 1.28 bits per heavy atom. The SMILES string of the molecule is COc1cccc(C2OCCN(c3ccc4c[nH]c(O)c4c3)C2=O)c1. The highest BCUT2D eigenvalue weighted by atomic mass is 16.5. The fraction of sp³-hybridized carbons (Fsp3) is 0.211. The fourth-order valence-corrected chi connectivity index (χ4v) is 3.15. The number of methoxy groups -OCH3 is 1. The van der Waals surface area contributed by atoms with Crippen LogP contribution < -0.4 is 9.64 Å². The molecule has 2 aromatic carbocycles. The second-order valence-corrected chi connectivity index (χ2v) is 5.93. The molecule has 6 nitrogen and oxygen atoms in total. The lowest BCUT2D eigenvalue weighted by atomic mass is 10.1. The highest BCUT2D eigenvalue weighted by molar-refractivity contribution is 6.00. The second-order valence-electron chi connectivity index (χ2n) is 5.93. The first-order valence-corrected chi connectivity index (χ1v) is 8.04. The van der Waals surface area contributed by atoms with Gasteiger partial charge < -0.3 is 24.5 Å². The number of nitrogens with zero attached hydrogens (tertiary/aromatic N) is 1. The maximum absolute atomic E-state index is 13.0. The van der Waals surface area contributed by atoms with Gasteiger partial charge in [-0.3, -0.25) is 4.79 Å². The van der Waals surface area contributed by atoms with E-state index in [0.29, 0.717) is 24.3 Å². The van der Waals surface area contributed by atoms with Crippen LogP contribution in [0.4, 0.5) is 5.69 Å². The van der Waals surface area contributed by atoms with Crippen molar-refractivity contribution in [2.45, 2.75) is 6.10 Å². The Kier molecular flexibility index (Phi) is 3.82. The summed E-state index contributed by atoms with van der Waals surface area (Å²) in [7, 11) is 1.59. The van der Waals surface area contributed by atoms with Crippen molar-refractivity contribution >= 4 is 22.4 Å². The van der Waals surface area contributed by atoms with Gasteiger partial charge in [0.05, 0.1) is 13.7 Å². The maximum atomic E-state index is 13.0. The van der Waals surface area contributed by atoms with E-state index in [1.54, 1.807) is 18.2 Å². The third-order valence-electron chi connectivity index (χ3n) is 4.45. The first kappa shape index (κ1) is 15.5. The number of anilines is 1. The van der Waals surface area contributed by atoms with E-state index in [4.69, 9.17) is 9.47 Å². The quantitative estimate of drug-likeness (QED) is 0.770. The van der Waals surface area contributed by atoms with Gasteiger partial charge in [0.1, 0.15) is 5.75 Å².